The summed E-state index contributed by atoms with van der Waals surface area (Å²) in [7, 11) is 0. The van der Waals surface area contributed by atoms with E-state index in [4.69, 9.17) is 0 Å². The Kier molecular flexibility index (Phi) is 2.04. The molecule has 1 N–H and O–H groups in total. The van der Waals surface area contributed by atoms with Gasteiger partial charge in [-0.25, -0.2) is 0 Å². The minimum atomic E-state index is -0.693. The van der Waals surface area contributed by atoms with Gasteiger partial charge < -0.3 is 5.11 Å². The Morgan fingerprint density at radius 2 is 1.82 bits per heavy atom. The first-order chi connectivity index (χ1) is 7.74. The van der Waals surface area contributed by atoms with Gasteiger partial charge in [0.2, 0.25) is 0 Å². The molecule has 0 saturated heterocycles. The predicted octanol–water partition coefficient (Wildman–Crippen LogP) is 2.79. The molecule has 0 aromatic heterocycles. The zero-order chi connectivity index (χ0) is 12.6. The van der Waals surface area contributed by atoms with Gasteiger partial charge in [-0.05, 0) is 36.0 Å². The van der Waals surface area contributed by atoms with Gasteiger partial charge in [-0.1, -0.05) is 34.1 Å². The summed E-state index contributed by atoms with van der Waals surface area (Å²) in [5, 5.41) is 10.3. The summed E-state index contributed by atoms with van der Waals surface area (Å²) in [4.78, 5) is 12.3. The number of carbonyl (C=O) groups is 1. The normalized spacial score (nSPS) is 56.1. The standard InChI is InChI=1S/C15H24O2/c1-13(2)6-5-7-14(3)10-9(13)8-15(14,4)12(17)11(10)16/h9-11,16H,5-8H2,1-4H3. The van der Waals surface area contributed by atoms with Gasteiger partial charge in [-0.3, -0.25) is 4.79 Å². The van der Waals surface area contributed by atoms with Gasteiger partial charge in [0.15, 0.2) is 5.78 Å². The summed E-state index contributed by atoms with van der Waals surface area (Å²) in [6.45, 7) is 9.02. The number of carbonyl (C=O) groups excluding carboxylic acids is 1. The molecule has 5 atom stereocenters. The zero-order valence-corrected chi connectivity index (χ0v) is 11.4. The van der Waals surface area contributed by atoms with Crippen molar-refractivity contribution < 1.29 is 9.90 Å². The third-order valence-electron chi connectivity index (χ3n) is 6.73. The second kappa shape index (κ2) is 2.96. The monoisotopic (exact) mass is 236 g/mol. The van der Waals surface area contributed by atoms with Crippen molar-refractivity contribution in [2.45, 2.75) is 59.5 Å². The van der Waals surface area contributed by atoms with Crippen LogP contribution in [0.15, 0.2) is 0 Å². The molecule has 2 nitrogen and oxygen atoms in total. The highest BCUT2D eigenvalue weighted by atomic mass is 16.3. The lowest BCUT2D eigenvalue weighted by molar-refractivity contribution is -0.139. The lowest BCUT2D eigenvalue weighted by Gasteiger charge is -2.40. The quantitative estimate of drug-likeness (QED) is 0.702. The molecule has 3 aliphatic carbocycles. The van der Waals surface area contributed by atoms with Crippen molar-refractivity contribution in [3.05, 3.63) is 0 Å². The van der Waals surface area contributed by atoms with Crippen molar-refractivity contribution in [1.29, 1.82) is 0 Å². The third kappa shape index (κ3) is 1.09. The van der Waals surface area contributed by atoms with Crippen LogP contribution in [0.25, 0.3) is 0 Å². The Balaban J connectivity index is 2.15. The van der Waals surface area contributed by atoms with Crippen LogP contribution in [0.3, 0.4) is 0 Å². The maximum Gasteiger partial charge on any atom is 0.167 e. The smallest absolute Gasteiger partial charge is 0.167 e. The van der Waals surface area contributed by atoms with Gasteiger partial charge >= 0.3 is 0 Å². The maximum atomic E-state index is 12.3. The summed E-state index contributed by atoms with van der Waals surface area (Å²) >= 11 is 0. The molecule has 4 bridgehead atoms. The second-order valence-electron chi connectivity index (χ2n) is 7.74. The molecule has 3 fully saturated rings. The molecule has 0 aromatic carbocycles. The van der Waals surface area contributed by atoms with Crippen LogP contribution < -0.4 is 0 Å². The highest BCUT2D eigenvalue weighted by Crippen LogP contribution is 2.72. The van der Waals surface area contributed by atoms with Crippen molar-refractivity contribution in [2.24, 2.45) is 28.1 Å². The molecule has 0 aliphatic heterocycles. The molecule has 3 aliphatic rings. The van der Waals surface area contributed by atoms with Crippen LogP contribution in [-0.2, 0) is 4.79 Å². The first-order valence-electron chi connectivity index (χ1n) is 6.96. The van der Waals surface area contributed by atoms with Crippen LogP contribution in [0.1, 0.15) is 53.4 Å². The van der Waals surface area contributed by atoms with Crippen molar-refractivity contribution in [3.63, 3.8) is 0 Å². The van der Waals surface area contributed by atoms with Crippen LogP contribution in [-0.4, -0.2) is 17.0 Å². The largest absolute Gasteiger partial charge is 0.385 e. The zero-order valence-electron chi connectivity index (χ0n) is 11.4. The molecule has 0 aromatic rings. The van der Waals surface area contributed by atoms with E-state index in [-0.39, 0.29) is 27.9 Å². The van der Waals surface area contributed by atoms with Crippen molar-refractivity contribution in [3.8, 4) is 0 Å². The first-order valence-corrected chi connectivity index (χ1v) is 6.96. The lowest BCUT2D eigenvalue weighted by atomic mass is 9.64. The Morgan fingerprint density at radius 3 is 2.47 bits per heavy atom. The van der Waals surface area contributed by atoms with E-state index in [9.17, 15) is 9.90 Å². The lowest BCUT2D eigenvalue weighted by Crippen LogP contribution is -2.42. The predicted molar refractivity (Wildman–Crippen MR) is 66.5 cm³/mol. The summed E-state index contributed by atoms with van der Waals surface area (Å²) in [6.07, 6.45) is 3.85. The van der Waals surface area contributed by atoms with Crippen LogP contribution in [0, 0.1) is 28.1 Å². The van der Waals surface area contributed by atoms with Crippen LogP contribution in [0.2, 0.25) is 0 Å². The third-order valence-corrected chi connectivity index (χ3v) is 6.73. The molecular weight excluding hydrogens is 212 g/mol. The van der Waals surface area contributed by atoms with Gasteiger partial charge in [0.1, 0.15) is 6.10 Å². The molecule has 0 spiro atoms. The minimum absolute atomic E-state index is 0.0436. The molecule has 2 heteroatoms. The molecule has 96 valence electrons. The Hall–Kier alpha value is -0.370. The molecule has 5 unspecified atom stereocenters. The topological polar surface area (TPSA) is 37.3 Å². The average Bonchev–Trinajstić information content (AvgIpc) is 2.48. The van der Waals surface area contributed by atoms with Crippen LogP contribution in [0.5, 0.6) is 0 Å². The Morgan fingerprint density at radius 1 is 1.18 bits per heavy atom. The van der Waals surface area contributed by atoms with E-state index in [1.165, 1.54) is 12.8 Å². The van der Waals surface area contributed by atoms with Crippen molar-refractivity contribution >= 4 is 5.78 Å². The van der Waals surface area contributed by atoms with Gasteiger partial charge in [0, 0.05) is 11.3 Å². The fourth-order valence-corrected chi connectivity index (χ4v) is 5.35. The fourth-order valence-electron chi connectivity index (χ4n) is 5.35. The number of aliphatic hydroxyl groups is 1. The van der Waals surface area contributed by atoms with E-state index < -0.39 is 6.10 Å². The molecule has 0 radical (unpaired) electrons. The second-order valence-corrected chi connectivity index (χ2v) is 7.74. The number of ketones is 1. The van der Waals surface area contributed by atoms with Gasteiger partial charge in [0.05, 0.1) is 0 Å². The summed E-state index contributed by atoms with van der Waals surface area (Å²) < 4.78 is 0. The summed E-state index contributed by atoms with van der Waals surface area (Å²) in [5.74, 6) is 0.851. The van der Waals surface area contributed by atoms with Crippen LogP contribution >= 0.6 is 0 Å². The Labute approximate surface area is 104 Å². The van der Waals surface area contributed by atoms with Crippen molar-refractivity contribution in [1.82, 2.24) is 0 Å². The highest BCUT2D eigenvalue weighted by Gasteiger charge is 2.73. The fraction of sp³-hybridized carbons (Fsp3) is 0.933. The minimum Gasteiger partial charge on any atom is -0.385 e. The SMILES string of the molecule is CC1(C)CCCC2(C)C3C(O)C(=O)C2(C)CC31. The molecular formula is C15H24O2. The molecule has 0 amide bonds. The summed E-state index contributed by atoms with van der Waals surface area (Å²) in [5.41, 5.74) is 0.0588. The number of hydrogen-bond donors (Lipinski definition) is 1. The van der Waals surface area contributed by atoms with E-state index in [1.807, 2.05) is 0 Å². The first kappa shape index (κ1) is 11.7. The number of aliphatic hydroxyl groups excluding tert-OH is 1. The van der Waals surface area contributed by atoms with E-state index in [1.54, 1.807) is 0 Å². The number of Topliss-reactive ketones (excluding diaryl/α,β-unsaturated/α-hetero) is 1. The van der Waals surface area contributed by atoms with E-state index >= 15 is 0 Å². The number of hydrogen-bond acceptors (Lipinski definition) is 2. The maximum absolute atomic E-state index is 12.3. The Bertz CT molecular complexity index is 386. The highest BCUT2D eigenvalue weighted by molar-refractivity contribution is 5.93. The van der Waals surface area contributed by atoms with Gasteiger partial charge in [0.25, 0.3) is 0 Å². The van der Waals surface area contributed by atoms with Gasteiger partial charge in [-0.15, -0.1) is 0 Å². The molecule has 3 rings (SSSR count). The van der Waals surface area contributed by atoms with Crippen LogP contribution in [0.4, 0.5) is 0 Å². The van der Waals surface area contributed by atoms with E-state index in [0.717, 1.165) is 12.8 Å². The van der Waals surface area contributed by atoms with Gasteiger partial charge in [-0.2, -0.15) is 0 Å². The molecule has 3 saturated carbocycles. The number of rotatable bonds is 0. The molecule has 0 heterocycles. The van der Waals surface area contributed by atoms with E-state index in [0.29, 0.717) is 5.92 Å². The average molecular weight is 236 g/mol. The van der Waals surface area contributed by atoms with E-state index in [2.05, 4.69) is 27.7 Å². The summed E-state index contributed by atoms with van der Waals surface area (Å²) in [6, 6.07) is 0. The van der Waals surface area contributed by atoms with Crippen molar-refractivity contribution in [2.75, 3.05) is 0 Å². The molecule has 17 heavy (non-hydrogen) atoms.